The van der Waals surface area contributed by atoms with E-state index in [0.29, 0.717) is 6.54 Å². The van der Waals surface area contributed by atoms with Crippen LogP contribution in [0.2, 0.25) is 0 Å². The summed E-state index contributed by atoms with van der Waals surface area (Å²) in [5, 5.41) is 11.3. The van der Waals surface area contributed by atoms with Gasteiger partial charge in [-0.05, 0) is 42.7 Å². The van der Waals surface area contributed by atoms with E-state index in [9.17, 15) is 0 Å². The van der Waals surface area contributed by atoms with Crippen LogP contribution < -0.4 is 5.32 Å². The van der Waals surface area contributed by atoms with Gasteiger partial charge in [0.05, 0.1) is 17.9 Å². The number of aryl methyl sites for hydroxylation is 2. The number of nitrogens with zero attached hydrogens (tertiary/aromatic N) is 3. The highest BCUT2D eigenvalue weighted by atomic mass is 15.1. The average Bonchev–Trinajstić information content (AvgIpc) is 2.88. The van der Waals surface area contributed by atoms with E-state index in [0.717, 1.165) is 46.0 Å². The quantitative estimate of drug-likeness (QED) is 0.412. The van der Waals surface area contributed by atoms with E-state index in [2.05, 4.69) is 56.9 Å². The molecule has 0 saturated carbocycles. The Hall–Kier alpha value is -3.99. The lowest BCUT2D eigenvalue weighted by Gasteiger charge is -2.12. The molecule has 0 spiro atoms. The molecular weight excluding hydrogens is 394 g/mol. The lowest BCUT2D eigenvalue weighted by molar-refractivity contribution is 0.980. The van der Waals surface area contributed by atoms with Crippen molar-refractivity contribution in [3.05, 3.63) is 119 Å². The van der Waals surface area contributed by atoms with Gasteiger partial charge in [-0.3, -0.25) is 10.1 Å². The fourth-order valence-corrected chi connectivity index (χ4v) is 3.58. The van der Waals surface area contributed by atoms with Crippen molar-refractivity contribution in [2.45, 2.75) is 26.8 Å². The number of nitrogens with one attached hydrogen (secondary N) is 2. The Bertz CT molecular complexity index is 1200. The van der Waals surface area contributed by atoms with Crippen molar-refractivity contribution in [1.82, 2.24) is 20.2 Å². The summed E-state index contributed by atoms with van der Waals surface area (Å²) >= 11 is 0. The molecule has 2 heterocycles. The number of H-pyrrole nitrogens is 1. The minimum atomic E-state index is 0.571. The van der Waals surface area contributed by atoms with Gasteiger partial charge >= 0.3 is 0 Å². The third-order valence-electron chi connectivity index (χ3n) is 5.28. The smallest absolute Gasteiger partial charge is 0.136 e. The molecule has 0 fully saturated rings. The molecule has 32 heavy (non-hydrogen) atoms. The van der Waals surface area contributed by atoms with Crippen molar-refractivity contribution in [2.24, 2.45) is 0 Å². The molecule has 0 radical (unpaired) electrons. The third kappa shape index (κ3) is 5.38. The predicted octanol–water partition coefficient (Wildman–Crippen LogP) is 5.81. The van der Waals surface area contributed by atoms with Crippen LogP contribution in [0.3, 0.4) is 0 Å². The fourth-order valence-electron chi connectivity index (χ4n) is 3.58. The lowest BCUT2D eigenvalue weighted by Crippen LogP contribution is -2.05. The van der Waals surface area contributed by atoms with Gasteiger partial charge in [-0.1, -0.05) is 66.7 Å². The Kier molecular flexibility index (Phi) is 6.88. The van der Waals surface area contributed by atoms with E-state index < -0.39 is 0 Å². The van der Waals surface area contributed by atoms with E-state index in [1.54, 1.807) is 6.20 Å². The Morgan fingerprint density at radius 3 is 2.25 bits per heavy atom. The maximum Gasteiger partial charge on any atom is 0.136 e. The first-order valence-corrected chi connectivity index (χ1v) is 10.7. The number of hydrogen-bond acceptors (Lipinski definition) is 4. The summed E-state index contributed by atoms with van der Waals surface area (Å²) in [6, 6.07) is 26.5. The molecule has 5 nitrogen and oxygen atoms in total. The van der Waals surface area contributed by atoms with Crippen LogP contribution >= 0.6 is 0 Å². The van der Waals surface area contributed by atoms with Crippen molar-refractivity contribution in [2.75, 3.05) is 5.32 Å². The van der Waals surface area contributed by atoms with Crippen LogP contribution in [0.4, 0.5) is 5.82 Å². The Morgan fingerprint density at radius 2 is 1.53 bits per heavy atom. The van der Waals surface area contributed by atoms with Crippen LogP contribution in [-0.2, 0) is 13.0 Å². The van der Waals surface area contributed by atoms with E-state index >= 15 is 0 Å². The van der Waals surface area contributed by atoms with Gasteiger partial charge in [-0.15, -0.1) is 0 Å². The van der Waals surface area contributed by atoms with Gasteiger partial charge in [-0.2, -0.15) is 5.10 Å². The molecule has 0 saturated heterocycles. The highest BCUT2D eigenvalue weighted by molar-refractivity contribution is 5.76. The molecular formula is C27H27N5. The van der Waals surface area contributed by atoms with Crippen molar-refractivity contribution >= 4 is 5.82 Å². The second-order valence-corrected chi connectivity index (χ2v) is 7.62. The monoisotopic (exact) mass is 421 g/mol. The predicted molar refractivity (Wildman–Crippen MR) is 130 cm³/mol. The normalized spacial score (nSPS) is 10.4. The van der Waals surface area contributed by atoms with E-state index in [-0.39, 0.29) is 0 Å². The maximum absolute atomic E-state index is 5.07. The number of anilines is 1. The zero-order chi connectivity index (χ0) is 22.2. The molecule has 0 bridgehead atoms. The minimum absolute atomic E-state index is 0.571. The maximum atomic E-state index is 5.07. The van der Waals surface area contributed by atoms with Gasteiger partial charge in [0.25, 0.3) is 0 Å². The fraction of sp³-hybridized carbons (Fsp3) is 0.148. The van der Waals surface area contributed by atoms with Crippen LogP contribution in [0.5, 0.6) is 0 Å². The number of aromatic nitrogens is 4. The molecule has 0 aliphatic heterocycles. The summed E-state index contributed by atoms with van der Waals surface area (Å²) in [7, 11) is 0. The molecule has 160 valence electrons. The van der Waals surface area contributed by atoms with Crippen LogP contribution in [0.25, 0.3) is 11.1 Å². The highest BCUT2D eigenvalue weighted by Gasteiger charge is 2.11. The van der Waals surface area contributed by atoms with E-state index in [4.69, 9.17) is 4.98 Å². The van der Waals surface area contributed by atoms with Gasteiger partial charge in [0.2, 0.25) is 0 Å². The van der Waals surface area contributed by atoms with Gasteiger partial charge in [0, 0.05) is 30.1 Å². The molecule has 0 atom stereocenters. The van der Waals surface area contributed by atoms with E-state index in [1.807, 2.05) is 62.5 Å². The molecule has 0 aliphatic rings. The van der Waals surface area contributed by atoms with Gasteiger partial charge in [-0.25, -0.2) is 4.98 Å². The summed E-state index contributed by atoms with van der Waals surface area (Å²) in [6.45, 7) is 4.61. The minimum Gasteiger partial charge on any atom is -0.364 e. The standard InChI is InChI=1S/C27H27N5/c1-20-24(17-22-11-5-3-6-12-22)18-30-32-21(2)26(23-13-7-4-8-14-23)27(31-20)29-19-25-15-9-10-16-28-25/h3-16,18,29-30H,17,19H2,1-2H3. The van der Waals surface area contributed by atoms with Gasteiger partial charge < -0.3 is 5.32 Å². The van der Waals surface area contributed by atoms with Crippen molar-refractivity contribution in [1.29, 1.82) is 0 Å². The number of aromatic amines is 1. The van der Waals surface area contributed by atoms with Crippen LogP contribution in [-0.4, -0.2) is 20.2 Å². The molecule has 0 unspecified atom stereocenters. The van der Waals surface area contributed by atoms with Crippen LogP contribution in [0.1, 0.15) is 28.2 Å². The molecule has 0 aliphatic carbocycles. The zero-order valence-corrected chi connectivity index (χ0v) is 18.4. The number of rotatable bonds is 6. The largest absolute Gasteiger partial charge is 0.364 e. The molecule has 4 aromatic rings. The average molecular weight is 422 g/mol. The first-order chi connectivity index (χ1) is 15.7. The third-order valence-corrected chi connectivity index (χ3v) is 5.28. The van der Waals surface area contributed by atoms with Crippen molar-refractivity contribution < 1.29 is 0 Å². The summed E-state index contributed by atoms with van der Waals surface area (Å²) in [5.74, 6) is 0.781. The van der Waals surface area contributed by atoms with E-state index in [1.165, 1.54) is 5.56 Å². The molecule has 5 heteroatoms. The molecule has 2 aromatic carbocycles. The Balaban J connectivity index is 1.84. The topological polar surface area (TPSA) is 66.5 Å². The van der Waals surface area contributed by atoms with Crippen molar-refractivity contribution in [3.63, 3.8) is 0 Å². The molecule has 2 aromatic heterocycles. The summed E-state index contributed by atoms with van der Waals surface area (Å²) in [4.78, 5) is 9.51. The zero-order valence-electron chi connectivity index (χ0n) is 18.4. The van der Waals surface area contributed by atoms with Gasteiger partial charge in [0.15, 0.2) is 0 Å². The van der Waals surface area contributed by atoms with Crippen LogP contribution in [0.15, 0.2) is 91.3 Å². The SMILES string of the molecule is Cc1nc(NCc2ccccn2)c(-c2ccccc2)c(C)n[nH]cc1Cc1ccccc1. The van der Waals surface area contributed by atoms with Gasteiger partial charge in [0.1, 0.15) is 5.82 Å². The Labute approximate surface area is 188 Å². The Morgan fingerprint density at radius 1 is 0.812 bits per heavy atom. The number of pyridine rings is 1. The number of hydrogen-bond donors (Lipinski definition) is 2. The molecule has 2 N–H and O–H groups in total. The highest BCUT2D eigenvalue weighted by Crippen LogP contribution is 2.28. The second kappa shape index (κ2) is 10.4. The van der Waals surface area contributed by atoms with Crippen LogP contribution in [0, 0.1) is 13.8 Å². The molecule has 4 rings (SSSR count). The summed E-state index contributed by atoms with van der Waals surface area (Å²) in [5.41, 5.74) is 7.07. The first kappa shape index (κ1) is 21.2. The molecule has 0 amide bonds. The second-order valence-electron chi connectivity index (χ2n) is 7.62. The summed E-state index contributed by atoms with van der Waals surface area (Å²) in [6.07, 6.45) is 4.52. The van der Waals surface area contributed by atoms with Crippen molar-refractivity contribution in [3.8, 4) is 11.1 Å². The first-order valence-electron chi connectivity index (χ1n) is 10.7. The summed E-state index contributed by atoms with van der Waals surface area (Å²) < 4.78 is 0. The number of benzene rings is 2. The lowest BCUT2D eigenvalue weighted by atomic mass is 10.0.